The number of nitrogens with zero attached hydrogens (tertiary/aromatic N) is 4. The topological polar surface area (TPSA) is 102 Å². The maximum Gasteiger partial charge on any atom is 0.266 e. The SMILES string of the molecule is C=C(Cl)C(=O)Nc1cccc(Nc2nc(Nc3ccc(N4CCN(C(C)=O)CC4)c(F)c3)ncc2Cl)c1. The maximum absolute atomic E-state index is 14.9. The second-order valence-corrected chi connectivity index (χ2v) is 9.10. The maximum atomic E-state index is 14.9. The highest BCUT2D eigenvalue weighted by Gasteiger charge is 2.21. The number of hydrogen-bond donors (Lipinski definition) is 3. The van der Waals surface area contributed by atoms with Crippen molar-refractivity contribution in [1.29, 1.82) is 0 Å². The van der Waals surface area contributed by atoms with Crippen LogP contribution in [0.1, 0.15) is 6.92 Å². The fourth-order valence-corrected chi connectivity index (χ4v) is 3.94. The minimum absolute atomic E-state index is 0.0218. The Hall–Kier alpha value is -3.89. The third-order valence-corrected chi connectivity index (χ3v) is 6.09. The van der Waals surface area contributed by atoms with E-state index >= 15 is 0 Å². The summed E-state index contributed by atoms with van der Waals surface area (Å²) >= 11 is 11.9. The van der Waals surface area contributed by atoms with Gasteiger partial charge in [-0.05, 0) is 36.4 Å². The van der Waals surface area contributed by atoms with Crippen molar-refractivity contribution in [1.82, 2.24) is 14.9 Å². The minimum Gasteiger partial charge on any atom is -0.366 e. The van der Waals surface area contributed by atoms with Crippen molar-refractivity contribution >= 4 is 69.5 Å². The molecule has 0 radical (unpaired) electrons. The van der Waals surface area contributed by atoms with Gasteiger partial charge in [0.05, 0.1) is 16.9 Å². The number of benzene rings is 2. The normalized spacial score (nSPS) is 13.2. The van der Waals surface area contributed by atoms with E-state index in [-0.39, 0.29) is 21.9 Å². The molecule has 12 heteroatoms. The van der Waals surface area contributed by atoms with Crippen molar-refractivity contribution in [2.45, 2.75) is 6.92 Å². The molecule has 1 saturated heterocycles. The van der Waals surface area contributed by atoms with Crippen molar-refractivity contribution in [2.24, 2.45) is 0 Å². The monoisotopic (exact) mass is 543 g/mol. The minimum atomic E-state index is -0.512. The summed E-state index contributed by atoms with van der Waals surface area (Å²) in [4.78, 5) is 35.5. The van der Waals surface area contributed by atoms with Crippen molar-refractivity contribution in [3.05, 3.63) is 71.1 Å². The Kier molecular flexibility index (Phi) is 8.10. The van der Waals surface area contributed by atoms with E-state index in [1.165, 1.54) is 19.2 Å². The van der Waals surface area contributed by atoms with Crippen molar-refractivity contribution in [3.63, 3.8) is 0 Å². The first-order valence-electron chi connectivity index (χ1n) is 11.3. The number of carbonyl (C=O) groups is 2. The Morgan fingerprint density at radius 1 is 1.03 bits per heavy atom. The van der Waals surface area contributed by atoms with E-state index in [4.69, 9.17) is 23.2 Å². The fraction of sp³-hybridized carbons (Fsp3) is 0.200. The lowest BCUT2D eigenvalue weighted by molar-refractivity contribution is -0.129. The third-order valence-electron chi connectivity index (χ3n) is 5.64. The highest BCUT2D eigenvalue weighted by molar-refractivity contribution is 6.43. The lowest BCUT2D eigenvalue weighted by atomic mass is 10.2. The Morgan fingerprint density at radius 3 is 2.41 bits per heavy atom. The third kappa shape index (κ3) is 6.66. The van der Waals surface area contributed by atoms with Crippen molar-refractivity contribution in [3.8, 4) is 0 Å². The van der Waals surface area contributed by atoms with Crippen LogP contribution in [0.4, 0.5) is 38.9 Å². The second-order valence-electron chi connectivity index (χ2n) is 8.24. The molecule has 0 spiro atoms. The van der Waals surface area contributed by atoms with Crippen molar-refractivity contribution in [2.75, 3.05) is 47.0 Å². The van der Waals surface area contributed by atoms with Crippen LogP contribution in [0.25, 0.3) is 0 Å². The van der Waals surface area contributed by atoms with Crippen LogP contribution < -0.4 is 20.9 Å². The summed E-state index contributed by atoms with van der Waals surface area (Å²) < 4.78 is 14.9. The number of nitrogens with one attached hydrogen (secondary N) is 3. The summed E-state index contributed by atoms with van der Waals surface area (Å²) in [5.41, 5.74) is 2.03. The molecular weight excluding hydrogens is 520 g/mol. The summed E-state index contributed by atoms with van der Waals surface area (Å²) in [6.45, 7) is 7.16. The first-order valence-corrected chi connectivity index (χ1v) is 12.1. The molecule has 2 amide bonds. The van der Waals surface area contributed by atoms with E-state index in [1.54, 1.807) is 41.3 Å². The number of piperazine rings is 1. The summed E-state index contributed by atoms with van der Waals surface area (Å²) in [6, 6.07) is 11.7. The van der Waals surface area contributed by atoms with Crippen LogP contribution in [-0.4, -0.2) is 52.9 Å². The van der Waals surface area contributed by atoms with Crippen LogP contribution in [0.2, 0.25) is 5.02 Å². The molecule has 1 fully saturated rings. The first-order chi connectivity index (χ1) is 17.7. The van der Waals surface area contributed by atoms with Gasteiger partial charge in [-0.2, -0.15) is 4.98 Å². The van der Waals surface area contributed by atoms with Gasteiger partial charge in [0.2, 0.25) is 11.9 Å². The van der Waals surface area contributed by atoms with E-state index in [0.29, 0.717) is 54.7 Å². The van der Waals surface area contributed by atoms with E-state index in [1.807, 2.05) is 4.90 Å². The molecule has 37 heavy (non-hydrogen) atoms. The first kappa shape index (κ1) is 26.2. The van der Waals surface area contributed by atoms with Gasteiger partial charge in [-0.3, -0.25) is 9.59 Å². The summed E-state index contributed by atoms with van der Waals surface area (Å²) in [6.07, 6.45) is 1.42. The molecular formula is C25H24Cl2FN7O2. The van der Waals surface area contributed by atoms with Crippen LogP contribution in [0.5, 0.6) is 0 Å². The average molecular weight is 544 g/mol. The predicted octanol–water partition coefficient (Wildman–Crippen LogP) is 5.12. The molecule has 1 aliphatic heterocycles. The quantitative estimate of drug-likeness (QED) is 0.355. The van der Waals surface area contributed by atoms with Gasteiger partial charge < -0.3 is 25.8 Å². The molecule has 1 aromatic heterocycles. The van der Waals surface area contributed by atoms with E-state index in [0.717, 1.165) is 0 Å². The van der Waals surface area contributed by atoms with Crippen LogP contribution in [0.15, 0.2) is 60.3 Å². The molecule has 0 aliphatic carbocycles. The number of aromatic nitrogens is 2. The number of rotatable bonds is 7. The van der Waals surface area contributed by atoms with Gasteiger partial charge in [-0.25, -0.2) is 9.37 Å². The fourth-order valence-electron chi connectivity index (χ4n) is 3.76. The number of anilines is 6. The molecule has 4 rings (SSSR count). The van der Waals surface area contributed by atoms with E-state index in [2.05, 4.69) is 32.5 Å². The number of carbonyl (C=O) groups excluding carboxylic acids is 2. The Labute approximate surface area is 223 Å². The van der Waals surface area contributed by atoms with Gasteiger partial charge in [0.15, 0.2) is 5.82 Å². The summed E-state index contributed by atoms with van der Waals surface area (Å²) in [5, 5.41) is 8.82. The second kappa shape index (κ2) is 11.4. The van der Waals surface area contributed by atoms with Gasteiger partial charge in [0.25, 0.3) is 5.91 Å². The van der Waals surface area contributed by atoms with Crippen LogP contribution >= 0.6 is 23.2 Å². The molecule has 3 N–H and O–H groups in total. The molecule has 2 aromatic carbocycles. The van der Waals surface area contributed by atoms with Gasteiger partial charge in [-0.1, -0.05) is 35.8 Å². The lowest BCUT2D eigenvalue weighted by Gasteiger charge is -2.35. The standard InChI is InChI=1S/C25H24Cl2FN7O2/c1-15(26)24(37)31-18-5-3-4-17(12-18)30-23-20(27)14-29-25(33-23)32-19-6-7-22(21(28)13-19)35-10-8-34(9-11-35)16(2)36/h3-7,12-14H,1,8-11H2,2H3,(H,31,37)(H2,29,30,32,33). The number of amides is 2. The predicted molar refractivity (Wildman–Crippen MR) is 145 cm³/mol. The lowest BCUT2D eigenvalue weighted by Crippen LogP contribution is -2.48. The molecule has 192 valence electrons. The van der Waals surface area contributed by atoms with Crippen LogP contribution in [-0.2, 0) is 9.59 Å². The van der Waals surface area contributed by atoms with E-state index < -0.39 is 11.7 Å². The Bertz CT molecular complexity index is 1350. The van der Waals surface area contributed by atoms with E-state index in [9.17, 15) is 14.0 Å². The molecule has 9 nitrogen and oxygen atoms in total. The zero-order valence-corrected chi connectivity index (χ0v) is 21.4. The summed E-state index contributed by atoms with van der Waals surface area (Å²) in [7, 11) is 0. The van der Waals surface area contributed by atoms with Gasteiger partial charge in [-0.15, -0.1) is 0 Å². The van der Waals surface area contributed by atoms with Gasteiger partial charge in [0, 0.05) is 50.2 Å². The number of halogens is 3. The van der Waals surface area contributed by atoms with Gasteiger partial charge in [0.1, 0.15) is 10.8 Å². The summed E-state index contributed by atoms with van der Waals surface area (Å²) in [5.74, 6) is -0.371. The molecule has 0 saturated carbocycles. The smallest absolute Gasteiger partial charge is 0.266 e. The Balaban J connectivity index is 1.45. The molecule has 3 aromatic rings. The highest BCUT2D eigenvalue weighted by Crippen LogP contribution is 2.28. The molecule has 1 aliphatic rings. The highest BCUT2D eigenvalue weighted by atomic mass is 35.5. The zero-order chi connectivity index (χ0) is 26.5. The molecule has 0 atom stereocenters. The molecule has 0 unspecified atom stereocenters. The largest absolute Gasteiger partial charge is 0.366 e. The van der Waals surface area contributed by atoms with Crippen LogP contribution in [0.3, 0.4) is 0 Å². The zero-order valence-electron chi connectivity index (χ0n) is 19.9. The Morgan fingerprint density at radius 2 is 1.73 bits per heavy atom. The number of hydrogen-bond acceptors (Lipinski definition) is 7. The molecule has 0 bridgehead atoms. The van der Waals surface area contributed by atoms with Crippen LogP contribution in [0, 0.1) is 5.82 Å². The van der Waals surface area contributed by atoms with Crippen molar-refractivity contribution < 1.29 is 14.0 Å². The average Bonchev–Trinajstić information content (AvgIpc) is 2.86. The van der Waals surface area contributed by atoms with Gasteiger partial charge >= 0.3 is 0 Å². The molecule has 2 heterocycles.